The number of nitrogens with one attached hydrogen (secondary N) is 1. The molecule has 0 unspecified atom stereocenters. The molecule has 6 heteroatoms. The minimum absolute atomic E-state index is 0.128. The highest BCUT2D eigenvalue weighted by Gasteiger charge is 2.43. The fraction of sp³-hybridized carbons (Fsp3) is 0.286. The highest BCUT2D eigenvalue weighted by molar-refractivity contribution is 5.96. The van der Waals surface area contributed by atoms with Crippen LogP contribution in [0.4, 0.5) is 5.69 Å². The van der Waals surface area contributed by atoms with E-state index in [4.69, 9.17) is 0 Å². The number of carboxylic acid groups (broad SMARTS) is 1. The van der Waals surface area contributed by atoms with Gasteiger partial charge in [0.1, 0.15) is 0 Å². The number of aliphatic carboxylic acids is 1. The van der Waals surface area contributed by atoms with Gasteiger partial charge in [-0.3, -0.25) is 14.4 Å². The molecule has 0 bridgehead atoms. The number of carbonyl (C=O) groups is 3. The molecule has 3 rings (SSSR count). The van der Waals surface area contributed by atoms with Gasteiger partial charge in [0.15, 0.2) is 0 Å². The Kier molecular flexibility index (Phi) is 5.26. The van der Waals surface area contributed by atoms with E-state index in [9.17, 15) is 19.5 Å². The number of carboxylic acids is 1. The molecular formula is C21H22N2O4. The van der Waals surface area contributed by atoms with Crippen molar-refractivity contribution < 1.29 is 19.5 Å². The third-order valence-electron chi connectivity index (χ3n) is 5.09. The van der Waals surface area contributed by atoms with Crippen LogP contribution in [0, 0.1) is 0 Å². The van der Waals surface area contributed by atoms with E-state index >= 15 is 0 Å². The molecule has 2 N–H and O–H groups in total. The van der Waals surface area contributed by atoms with Gasteiger partial charge in [0, 0.05) is 31.3 Å². The zero-order valence-electron chi connectivity index (χ0n) is 15.1. The number of amides is 2. The molecule has 1 heterocycles. The van der Waals surface area contributed by atoms with Crippen LogP contribution in [0.1, 0.15) is 35.7 Å². The molecule has 27 heavy (non-hydrogen) atoms. The largest absolute Gasteiger partial charge is 0.481 e. The summed E-state index contributed by atoms with van der Waals surface area (Å²) in [4.78, 5) is 37.5. The van der Waals surface area contributed by atoms with Crippen molar-refractivity contribution in [3.05, 3.63) is 65.7 Å². The van der Waals surface area contributed by atoms with E-state index in [1.807, 2.05) is 30.3 Å². The molecule has 1 fully saturated rings. The van der Waals surface area contributed by atoms with Gasteiger partial charge in [0.05, 0.1) is 5.41 Å². The van der Waals surface area contributed by atoms with Crippen molar-refractivity contribution in [3.63, 3.8) is 0 Å². The van der Waals surface area contributed by atoms with Gasteiger partial charge in [0.25, 0.3) is 5.91 Å². The summed E-state index contributed by atoms with van der Waals surface area (Å²) in [6, 6.07) is 15.9. The zero-order valence-corrected chi connectivity index (χ0v) is 15.1. The molecule has 1 aliphatic heterocycles. The van der Waals surface area contributed by atoms with Gasteiger partial charge in [-0.1, -0.05) is 30.3 Å². The van der Waals surface area contributed by atoms with Crippen LogP contribution in [-0.2, 0) is 15.0 Å². The fourth-order valence-corrected chi connectivity index (χ4v) is 3.56. The Morgan fingerprint density at radius 1 is 0.963 bits per heavy atom. The van der Waals surface area contributed by atoms with E-state index in [1.165, 1.54) is 6.92 Å². The molecule has 2 aromatic carbocycles. The predicted molar refractivity (Wildman–Crippen MR) is 102 cm³/mol. The molecule has 0 spiro atoms. The second-order valence-corrected chi connectivity index (χ2v) is 6.80. The van der Waals surface area contributed by atoms with Crippen LogP contribution in [0.3, 0.4) is 0 Å². The molecule has 2 amide bonds. The summed E-state index contributed by atoms with van der Waals surface area (Å²) < 4.78 is 0. The Morgan fingerprint density at radius 3 is 2.07 bits per heavy atom. The zero-order chi connectivity index (χ0) is 19.4. The van der Waals surface area contributed by atoms with E-state index in [2.05, 4.69) is 5.32 Å². The highest BCUT2D eigenvalue weighted by Crippen LogP contribution is 2.36. The van der Waals surface area contributed by atoms with E-state index < -0.39 is 11.4 Å². The van der Waals surface area contributed by atoms with Crippen molar-refractivity contribution in [2.45, 2.75) is 25.2 Å². The first-order valence-corrected chi connectivity index (χ1v) is 8.88. The Balaban J connectivity index is 1.71. The number of hydrogen-bond donors (Lipinski definition) is 2. The number of carbonyl (C=O) groups excluding carboxylic acids is 2. The average Bonchev–Trinajstić information content (AvgIpc) is 2.68. The van der Waals surface area contributed by atoms with Gasteiger partial charge in [-0.25, -0.2) is 0 Å². The van der Waals surface area contributed by atoms with Crippen molar-refractivity contribution in [2.75, 3.05) is 18.4 Å². The normalized spacial score (nSPS) is 15.8. The third-order valence-corrected chi connectivity index (χ3v) is 5.09. The van der Waals surface area contributed by atoms with Crippen molar-refractivity contribution in [3.8, 4) is 0 Å². The van der Waals surface area contributed by atoms with E-state index in [-0.39, 0.29) is 11.8 Å². The Bertz CT molecular complexity index is 838. The van der Waals surface area contributed by atoms with Gasteiger partial charge >= 0.3 is 5.97 Å². The fourth-order valence-electron chi connectivity index (χ4n) is 3.56. The van der Waals surface area contributed by atoms with Crippen LogP contribution >= 0.6 is 0 Å². The summed E-state index contributed by atoms with van der Waals surface area (Å²) in [6.07, 6.45) is 0.754. The highest BCUT2D eigenvalue weighted by atomic mass is 16.4. The Labute approximate surface area is 157 Å². The van der Waals surface area contributed by atoms with Gasteiger partial charge < -0.3 is 15.3 Å². The first kappa shape index (κ1) is 18.6. The number of benzene rings is 2. The molecule has 0 radical (unpaired) electrons. The summed E-state index contributed by atoms with van der Waals surface area (Å²) in [7, 11) is 0. The van der Waals surface area contributed by atoms with E-state index in [1.54, 1.807) is 29.2 Å². The van der Waals surface area contributed by atoms with Crippen molar-refractivity contribution in [1.82, 2.24) is 4.90 Å². The number of anilines is 1. The van der Waals surface area contributed by atoms with Gasteiger partial charge in [-0.2, -0.15) is 0 Å². The molecule has 0 atom stereocenters. The quantitative estimate of drug-likeness (QED) is 0.871. The summed E-state index contributed by atoms with van der Waals surface area (Å²) in [5.41, 5.74) is 0.982. The van der Waals surface area contributed by atoms with Crippen LogP contribution in [0.15, 0.2) is 54.6 Å². The Hall–Kier alpha value is -3.15. The lowest BCUT2D eigenvalue weighted by molar-refractivity contribution is -0.145. The number of rotatable bonds is 4. The molecular weight excluding hydrogens is 344 g/mol. The van der Waals surface area contributed by atoms with Crippen LogP contribution < -0.4 is 5.32 Å². The standard InChI is InChI=1S/C21H22N2O4/c1-15(24)22-18-9-7-16(8-10-18)19(25)23-13-11-21(12-14-23,20(26)27)17-5-3-2-4-6-17/h2-10H,11-14H2,1H3,(H,22,24)(H,26,27). The third kappa shape index (κ3) is 3.84. The first-order chi connectivity index (χ1) is 12.9. The maximum atomic E-state index is 12.7. The maximum Gasteiger partial charge on any atom is 0.314 e. The second-order valence-electron chi connectivity index (χ2n) is 6.80. The Morgan fingerprint density at radius 2 is 1.56 bits per heavy atom. The monoisotopic (exact) mass is 366 g/mol. The smallest absolute Gasteiger partial charge is 0.314 e. The summed E-state index contributed by atoms with van der Waals surface area (Å²) in [5, 5.41) is 12.5. The molecule has 1 aliphatic rings. The minimum Gasteiger partial charge on any atom is -0.481 e. The lowest BCUT2D eigenvalue weighted by Gasteiger charge is -2.39. The van der Waals surface area contributed by atoms with Crippen LogP contribution in [0.2, 0.25) is 0 Å². The summed E-state index contributed by atoms with van der Waals surface area (Å²) >= 11 is 0. The molecule has 6 nitrogen and oxygen atoms in total. The molecule has 1 saturated heterocycles. The van der Waals surface area contributed by atoms with Gasteiger partial charge in [0.2, 0.25) is 5.91 Å². The van der Waals surface area contributed by atoms with Crippen molar-refractivity contribution in [1.29, 1.82) is 0 Å². The second kappa shape index (κ2) is 7.61. The van der Waals surface area contributed by atoms with Crippen LogP contribution in [0.25, 0.3) is 0 Å². The molecule has 140 valence electrons. The van der Waals surface area contributed by atoms with E-state index in [0.29, 0.717) is 37.2 Å². The molecule has 0 aromatic heterocycles. The van der Waals surface area contributed by atoms with Gasteiger partial charge in [-0.15, -0.1) is 0 Å². The number of likely N-dealkylation sites (tertiary alicyclic amines) is 1. The minimum atomic E-state index is -0.951. The molecule has 0 aliphatic carbocycles. The lowest BCUT2D eigenvalue weighted by Crippen LogP contribution is -2.49. The average molecular weight is 366 g/mol. The SMILES string of the molecule is CC(=O)Nc1ccc(C(=O)N2CCC(C(=O)O)(c3ccccc3)CC2)cc1. The maximum absolute atomic E-state index is 12.7. The first-order valence-electron chi connectivity index (χ1n) is 8.88. The summed E-state index contributed by atoms with van der Waals surface area (Å²) in [5.74, 6) is -1.15. The summed E-state index contributed by atoms with van der Waals surface area (Å²) in [6.45, 7) is 2.19. The predicted octanol–water partition coefficient (Wildman–Crippen LogP) is 2.90. The van der Waals surface area contributed by atoms with Gasteiger partial charge in [-0.05, 0) is 42.7 Å². The van der Waals surface area contributed by atoms with Crippen molar-refractivity contribution >= 4 is 23.5 Å². The molecule has 0 saturated carbocycles. The van der Waals surface area contributed by atoms with E-state index in [0.717, 1.165) is 5.56 Å². The lowest BCUT2D eigenvalue weighted by atomic mass is 9.73. The van der Waals surface area contributed by atoms with Crippen molar-refractivity contribution in [2.24, 2.45) is 0 Å². The van der Waals surface area contributed by atoms with Crippen LogP contribution in [-0.4, -0.2) is 40.9 Å². The topological polar surface area (TPSA) is 86.7 Å². The molecule has 2 aromatic rings. The number of nitrogens with zero attached hydrogens (tertiary/aromatic N) is 1. The van der Waals surface area contributed by atoms with Crippen LogP contribution in [0.5, 0.6) is 0 Å². The number of hydrogen-bond acceptors (Lipinski definition) is 3. The number of piperidine rings is 1.